The summed E-state index contributed by atoms with van der Waals surface area (Å²) in [6.07, 6.45) is 1.82. The number of ether oxygens (including phenoxy) is 1. The molecular weight excluding hydrogens is 362 g/mol. The second kappa shape index (κ2) is 6.17. The Bertz CT molecular complexity index is 1020. The standard InChI is InChI=1S/C20H21N3O3S/c1-14-2-5-17(6-3-14)27(24,25)23-12-16(11-20(13-21)8-9-20)26-19-7-4-15(22)10-18(19)23/h2-7,10,16H,8-9,11-12,22H2,1H3/t16-/m1/s1. The first kappa shape index (κ1) is 17.7. The minimum absolute atomic E-state index is 0.163. The Kier molecular flexibility index (Phi) is 4.04. The molecule has 0 bridgehead atoms. The number of nitrogens with zero attached hydrogens (tertiary/aromatic N) is 2. The van der Waals surface area contributed by atoms with Crippen molar-refractivity contribution >= 4 is 21.4 Å². The molecule has 0 amide bonds. The lowest BCUT2D eigenvalue weighted by Gasteiger charge is -2.36. The molecule has 27 heavy (non-hydrogen) atoms. The molecular formula is C20H21N3O3S. The zero-order chi connectivity index (χ0) is 19.2. The maximum atomic E-state index is 13.3. The number of hydrogen-bond donors (Lipinski definition) is 1. The van der Waals surface area contributed by atoms with E-state index in [9.17, 15) is 13.7 Å². The van der Waals surface area contributed by atoms with E-state index >= 15 is 0 Å². The second-order valence-electron chi connectivity index (χ2n) is 7.41. The predicted octanol–water partition coefficient (Wildman–Crippen LogP) is 3.23. The predicted molar refractivity (Wildman–Crippen MR) is 103 cm³/mol. The molecule has 0 spiro atoms. The molecule has 2 N–H and O–H groups in total. The highest BCUT2D eigenvalue weighted by molar-refractivity contribution is 7.92. The third kappa shape index (κ3) is 3.21. The van der Waals surface area contributed by atoms with Gasteiger partial charge in [-0.1, -0.05) is 17.7 Å². The zero-order valence-corrected chi connectivity index (χ0v) is 15.9. The fraction of sp³-hybridized carbons (Fsp3) is 0.350. The molecule has 4 rings (SSSR count). The Morgan fingerprint density at radius 2 is 1.96 bits per heavy atom. The van der Waals surface area contributed by atoms with E-state index in [1.807, 2.05) is 6.92 Å². The molecule has 0 saturated heterocycles. The number of sulfonamides is 1. The topological polar surface area (TPSA) is 96.4 Å². The van der Waals surface area contributed by atoms with Gasteiger partial charge in [-0.15, -0.1) is 0 Å². The van der Waals surface area contributed by atoms with Crippen LogP contribution in [0.2, 0.25) is 0 Å². The van der Waals surface area contributed by atoms with Crippen molar-refractivity contribution in [2.24, 2.45) is 5.41 Å². The maximum absolute atomic E-state index is 13.3. The number of nitrogens with two attached hydrogens (primary N) is 1. The van der Waals surface area contributed by atoms with Gasteiger partial charge in [0, 0.05) is 12.1 Å². The normalized spacial score (nSPS) is 20.3. The summed E-state index contributed by atoms with van der Waals surface area (Å²) in [7, 11) is -3.77. The SMILES string of the molecule is Cc1ccc(S(=O)(=O)N2C[C@@H](CC3(C#N)CC3)Oc3ccc(N)cc32)cc1. The van der Waals surface area contributed by atoms with Crippen LogP contribution >= 0.6 is 0 Å². The van der Waals surface area contributed by atoms with Gasteiger partial charge in [0.25, 0.3) is 10.0 Å². The molecule has 6 nitrogen and oxygen atoms in total. The third-order valence-corrected chi connectivity index (χ3v) is 7.03. The van der Waals surface area contributed by atoms with E-state index in [4.69, 9.17) is 10.5 Å². The number of fused-ring (bicyclic) bond motifs is 1. The molecule has 1 aliphatic heterocycles. The lowest BCUT2D eigenvalue weighted by molar-refractivity contribution is 0.172. The van der Waals surface area contributed by atoms with Crippen LogP contribution in [0.15, 0.2) is 47.4 Å². The molecule has 1 aliphatic carbocycles. The van der Waals surface area contributed by atoms with Crippen LogP contribution in [-0.2, 0) is 10.0 Å². The Morgan fingerprint density at radius 1 is 1.26 bits per heavy atom. The number of hydrogen-bond acceptors (Lipinski definition) is 5. The van der Waals surface area contributed by atoms with Crippen molar-refractivity contribution in [3.8, 4) is 11.8 Å². The molecule has 0 radical (unpaired) electrons. The van der Waals surface area contributed by atoms with Gasteiger partial charge in [-0.05, 0) is 50.1 Å². The van der Waals surface area contributed by atoms with Gasteiger partial charge < -0.3 is 10.5 Å². The average molecular weight is 383 g/mol. The van der Waals surface area contributed by atoms with Crippen LogP contribution in [0.25, 0.3) is 0 Å². The zero-order valence-electron chi connectivity index (χ0n) is 15.1. The quantitative estimate of drug-likeness (QED) is 0.818. The van der Waals surface area contributed by atoms with Crippen molar-refractivity contribution in [3.63, 3.8) is 0 Å². The fourth-order valence-electron chi connectivity index (χ4n) is 3.45. The first-order chi connectivity index (χ1) is 12.8. The lowest BCUT2D eigenvalue weighted by atomic mass is 9.99. The number of anilines is 2. The molecule has 2 aromatic rings. The van der Waals surface area contributed by atoms with Gasteiger partial charge in [0.15, 0.2) is 0 Å². The fourth-order valence-corrected chi connectivity index (χ4v) is 4.95. The molecule has 1 saturated carbocycles. The second-order valence-corrected chi connectivity index (χ2v) is 9.27. The Morgan fingerprint density at radius 3 is 2.59 bits per heavy atom. The summed E-state index contributed by atoms with van der Waals surface area (Å²) in [6.45, 7) is 2.07. The lowest BCUT2D eigenvalue weighted by Crippen LogP contribution is -2.44. The average Bonchev–Trinajstić information content (AvgIpc) is 3.41. The Hall–Kier alpha value is -2.72. The van der Waals surface area contributed by atoms with E-state index in [2.05, 4.69) is 6.07 Å². The van der Waals surface area contributed by atoms with Gasteiger partial charge in [-0.2, -0.15) is 5.26 Å². The number of aryl methyl sites for hydroxylation is 1. The first-order valence-corrected chi connectivity index (χ1v) is 10.3. The van der Waals surface area contributed by atoms with E-state index in [0.717, 1.165) is 18.4 Å². The van der Waals surface area contributed by atoms with Gasteiger partial charge in [0.05, 0.1) is 28.6 Å². The summed E-state index contributed by atoms with van der Waals surface area (Å²) in [6, 6.07) is 14.1. The first-order valence-electron chi connectivity index (χ1n) is 8.90. The van der Waals surface area contributed by atoms with Gasteiger partial charge in [-0.25, -0.2) is 8.42 Å². The molecule has 2 aromatic carbocycles. The smallest absolute Gasteiger partial charge is 0.264 e. The van der Waals surface area contributed by atoms with E-state index in [0.29, 0.717) is 23.5 Å². The monoisotopic (exact) mass is 383 g/mol. The van der Waals surface area contributed by atoms with Crippen LogP contribution in [-0.4, -0.2) is 21.1 Å². The van der Waals surface area contributed by atoms with Crippen molar-refractivity contribution in [1.29, 1.82) is 5.26 Å². The van der Waals surface area contributed by atoms with Crippen molar-refractivity contribution in [2.45, 2.75) is 37.2 Å². The summed E-state index contributed by atoms with van der Waals surface area (Å²) >= 11 is 0. The molecule has 2 aliphatic rings. The summed E-state index contributed by atoms with van der Waals surface area (Å²) in [5.41, 5.74) is 7.41. The summed E-state index contributed by atoms with van der Waals surface area (Å²) in [5, 5.41) is 9.39. The molecule has 1 atom stereocenters. The number of nitrogen functional groups attached to an aromatic ring is 1. The van der Waals surface area contributed by atoms with E-state index in [1.54, 1.807) is 42.5 Å². The van der Waals surface area contributed by atoms with Gasteiger partial charge >= 0.3 is 0 Å². The van der Waals surface area contributed by atoms with Crippen molar-refractivity contribution < 1.29 is 13.2 Å². The maximum Gasteiger partial charge on any atom is 0.264 e. The molecule has 1 fully saturated rings. The van der Waals surface area contributed by atoms with Gasteiger partial charge in [-0.3, -0.25) is 4.31 Å². The minimum Gasteiger partial charge on any atom is -0.486 e. The van der Waals surface area contributed by atoms with Crippen LogP contribution in [0.3, 0.4) is 0 Å². The third-order valence-electron chi connectivity index (χ3n) is 5.23. The van der Waals surface area contributed by atoms with Crippen LogP contribution in [0.1, 0.15) is 24.8 Å². The summed E-state index contributed by atoms with van der Waals surface area (Å²) in [4.78, 5) is 0.226. The van der Waals surface area contributed by atoms with Crippen LogP contribution in [0.5, 0.6) is 5.75 Å². The van der Waals surface area contributed by atoms with Crippen molar-refractivity contribution in [1.82, 2.24) is 0 Å². The summed E-state index contributed by atoms with van der Waals surface area (Å²) in [5.74, 6) is 0.477. The van der Waals surface area contributed by atoms with E-state index in [1.165, 1.54) is 4.31 Å². The number of benzene rings is 2. The largest absolute Gasteiger partial charge is 0.486 e. The van der Waals surface area contributed by atoms with E-state index in [-0.39, 0.29) is 23.0 Å². The molecule has 140 valence electrons. The van der Waals surface area contributed by atoms with Gasteiger partial charge in [0.2, 0.25) is 0 Å². The number of rotatable bonds is 4. The highest BCUT2D eigenvalue weighted by Crippen LogP contribution is 2.50. The summed E-state index contributed by atoms with van der Waals surface area (Å²) < 4.78 is 34.1. The minimum atomic E-state index is -3.77. The molecule has 7 heteroatoms. The number of nitriles is 1. The van der Waals surface area contributed by atoms with Gasteiger partial charge in [0.1, 0.15) is 11.9 Å². The highest BCUT2D eigenvalue weighted by Gasteiger charge is 2.47. The molecule has 0 aromatic heterocycles. The van der Waals surface area contributed by atoms with Crippen LogP contribution in [0, 0.1) is 23.7 Å². The highest BCUT2D eigenvalue weighted by atomic mass is 32.2. The van der Waals surface area contributed by atoms with Crippen LogP contribution in [0.4, 0.5) is 11.4 Å². The molecule has 0 unspecified atom stereocenters. The van der Waals surface area contributed by atoms with Crippen molar-refractivity contribution in [3.05, 3.63) is 48.0 Å². The van der Waals surface area contributed by atoms with E-state index < -0.39 is 10.0 Å². The Labute approximate surface area is 159 Å². The molecule has 1 heterocycles. The Balaban J connectivity index is 1.74. The van der Waals surface area contributed by atoms with Crippen molar-refractivity contribution in [2.75, 3.05) is 16.6 Å². The van der Waals surface area contributed by atoms with Crippen LogP contribution < -0.4 is 14.8 Å².